The highest BCUT2D eigenvalue weighted by Gasteiger charge is 2.49. The Kier molecular flexibility index (Phi) is 4.90. The lowest BCUT2D eigenvalue weighted by atomic mass is 10.1. The number of fused-ring (bicyclic) bond motifs is 1. The van der Waals surface area contributed by atoms with Gasteiger partial charge in [-0.25, -0.2) is 8.42 Å². The van der Waals surface area contributed by atoms with Crippen molar-refractivity contribution >= 4 is 54.3 Å². The minimum Gasteiger partial charge on any atom is -0.316 e. The maximum atomic E-state index is 12.7. The van der Waals surface area contributed by atoms with Gasteiger partial charge >= 0.3 is 0 Å². The molecular weight excluding hydrogens is 448 g/mol. The first-order valence-corrected chi connectivity index (χ1v) is 11.9. The Bertz CT molecular complexity index is 1050. The molecule has 0 bridgehead atoms. The number of halogens is 1. The zero-order valence-corrected chi connectivity index (χ0v) is 17.7. The molecule has 0 spiro atoms. The third kappa shape index (κ3) is 3.83. The number of anilines is 1. The van der Waals surface area contributed by atoms with E-state index in [0.717, 1.165) is 15.7 Å². The number of sulfone groups is 1. The Hall–Kier alpha value is -1.64. The van der Waals surface area contributed by atoms with Crippen molar-refractivity contribution in [2.45, 2.75) is 18.2 Å². The Balaban J connectivity index is 1.74. The number of carbonyl (C=O) groups excluding carboxylic acids is 1. The van der Waals surface area contributed by atoms with Crippen molar-refractivity contribution in [3.8, 4) is 0 Å². The molecule has 0 aromatic heterocycles. The molecular formula is C19H17BrN2O3S2. The predicted molar refractivity (Wildman–Crippen MR) is 113 cm³/mol. The summed E-state index contributed by atoms with van der Waals surface area (Å²) in [5.41, 5.74) is 2.35. The highest BCUT2D eigenvalue weighted by atomic mass is 79.9. The van der Waals surface area contributed by atoms with E-state index in [1.54, 1.807) is 12.1 Å². The first-order valence-electron chi connectivity index (χ1n) is 8.44. The summed E-state index contributed by atoms with van der Waals surface area (Å²) in [7, 11) is -3.08. The van der Waals surface area contributed by atoms with Gasteiger partial charge in [-0.05, 0) is 37.3 Å². The van der Waals surface area contributed by atoms with E-state index in [-0.39, 0.29) is 28.7 Å². The zero-order chi connectivity index (χ0) is 19.2. The topological polar surface area (TPSA) is 66.8 Å². The molecule has 4 rings (SSSR count). The van der Waals surface area contributed by atoms with Crippen molar-refractivity contribution in [2.75, 3.05) is 16.4 Å². The molecule has 0 radical (unpaired) electrons. The molecule has 5 nitrogen and oxygen atoms in total. The zero-order valence-electron chi connectivity index (χ0n) is 14.5. The van der Waals surface area contributed by atoms with Gasteiger partial charge in [0.05, 0.1) is 17.5 Å². The number of hydrogen-bond donors (Lipinski definition) is 0. The molecule has 2 atom stereocenters. The first kappa shape index (κ1) is 18.7. The normalized spacial score (nSPS) is 25.0. The van der Waals surface area contributed by atoms with Crippen LogP contribution in [0.4, 0.5) is 5.69 Å². The molecule has 2 heterocycles. The maximum Gasteiger partial charge on any atom is 0.279 e. The molecule has 140 valence electrons. The van der Waals surface area contributed by atoms with Gasteiger partial charge in [0.25, 0.3) is 5.91 Å². The number of benzene rings is 2. The van der Waals surface area contributed by atoms with E-state index in [1.165, 1.54) is 11.8 Å². The van der Waals surface area contributed by atoms with Crippen LogP contribution in [-0.2, 0) is 9.84 Å². The van der Waals surface area contributed by atoms with Crippen molar-refractivity contribution in [1.82, 2.24) is 0 Å². The van der Waals surface area contributed by atoms with Crippen LogP contribution >= 0.6 is 27.7 Å². The number of hydrogen-bond acceptors (Lipinski definition) is 4. The number of aryl methyl sites for hydroxylation is 1. The largest absolute Gasteiger partial charge is 0.316 e. The first-order chi connectivity index (χ1) is 12.8. The van der Waals surface area contributed by atoms with Crippen LogP contribution < -0.4 is 4.90 Å². The van der Waals surface area contributed by atoms with E-state index in [0.29, 0.717) is 10.7 Å². The lowest BCUT2D eigenvalue weighted by Gasteiger charge is -2.24. The van der Waals surface area contributed by atoms with Gasteiger partial charge in [-0.2, -0.15) is 4.99 Å². The van der Waals surface area contributed by atoms with Crippen molar-refractivity contribution < 1.29 is 13.2 Å². The van der Waals surface area contributed by atoms with E-state index in [2.05, 4.69) is 20.9 Å². The molecule has 2 fully saturated rings. The van der Waals surface area contributed by atoms with Gasteiger partial charge < -0.3 is 4.90 Å². The van der Waals surface area contributed by atoms with E-state index in [9.17, 15) is 13.2 Å². The second-order valence-electron chi connectivity index (χ2n) is 6.72. The summed E-state index contributed by atoms with van der Waals surface area (Å²) in [5, 5.41) is 0.447. The summed E-state index contributed by atoms with van der Waals surface area (Å²) in [6, 6.07) is 14.7. The van der Waals surface area contributed by atoms with Gasteiger partial charge in [0.2, 0.25) is 0 Å². The Labute approximate surface area is 170 Å². The standard InChI is InChI=1S/C19H17BrN2O3S2/c1-12-4-2-5-13(8-12)18(23)21-19-22(15-7-3-6-14(20)9-15)16-10-27(24,25)11-17(16)26-19/h2-9,16-17H,10-11H2,1H3. The predicted octanol–water partition coefficient (Wildman–Crippen LogP) is 3.67. The number of thioether (sulfide) groups is 1. The van der Waals surface area contributed by atoms with E-state index in [4.69, 9.17) is 0 Å². The van der Waals surface area contributed by atoms with Crippen molar-refractivity contribution in [3.05, 3.63) is 64.1 Å². The van der Waals surface area contributed by atoms with Crippen LogP contribution in [0.2, 0.25) is 0 Å². The molecule has 27 heavy (non-hydrogen) atoms. The third-order valence-corrected chi connectivity index (χ3v) is 8.32. The number of rotatable bonds is 2. The summed E-state index contributed by atoms with van der Waals surface area (Å²) >= 11 is 4.84. The minimum atomic E-state index is -3.08. The Morgan fingerprint density at radius 3 is 2.70 bits per heavy atom. The molecule has 0 aliphatic carbocycles. The lowest BCUT2D eigenvalue weighted by molar-refractivity contribution is 0.100. The monoisotopic (exact) mass is 464 g/mol. The van der Waals surface area contributed by atoms with Crippen LogP contribution in [0.3, 0.4) is 0 Å². The van der Waals surface area contributed by atoms with Gasteiger partial charge in [-0.1, -0.05) is 51.5 Å². The summed E-state index contributed by atoms with van der Waals surface area (Å²) in [6.07, 6.45) is 0. The SMILES string of the molecule is Cc1cccc(C(=O)N=C2SC3CS(=O)(=O)CC3N2c2cccc(Br)c2)c1. The average Bonchev–Trinajstić information content (AvgIpc) is 3.05. The fraction of sp³-hybridized carbons (Fsp3) is 0.263. The van der Waals surface area contributed by atoms with Gasteiger partial charge in [0.15, 0.2) is 15.0 Å². The van der Waals surface area contributed by atoms with E-state index in [1.807, 2.05) is 48.2 Å². The maximum absolute atomic E-state index is 12.7. The quantitative estimate of drug-likeness (QED) is 0.677. The number of amides is 1. The molecule has 2 aromatic rings. The molecule has 2 unspecified atom stereocenters. The molecule has 2 aliphatic heterocycles. The molecule has 2 aromatic carbocycles. The molecule has 0 N–H and O–H groups in total. The molecule has 2 aliphatic rings. The third-order valence-electron chi connectivity index (χ3n) is 4.62. The van der Waals surface area contributed by atoms with Crippen LogP contribution in [0, 0.1) is 6.92 Å². The lowest BCUT2D eigenvalue weighted by Crippen LogP contribution is -2.37. The van der Waals surface area contributed by atoms with Gasteiger partial charge in [0, 0.05) is 21.0 Å². The van der Waals surface area contributed by atoms with Crippen LogP contribution in [0.1, 0.15) is 15.9 Å². The highest BCUT2D eigenvalue weighted by Crippen LogP contribution is 2.41. The number of carbonyl (C=O) groups is 1. The summed E-state index contributed by atoms with van der Waals surface area (Å²) < 4.78 is 25.1. The van der Waals surface area contributed by atoms with Crippen LogP contribution in [0.25, 0.3) is 0 Å². The van der Waals surface area contributed by atoms with E-state index >= 15 is 0 Å². The van der Waals surface area contributed by atoms with Gasteiger partial charge in [0.1, 0.15) is 0 Å². The van der Waals surface area contributed by atoms with Gasteiger partial charge in [-0.3, -0.25) is 4.79 Å². The van der Waals surface area contributed by atoms with Gasteiger partial charge in [-0.15, -0.1) is 0 Å². The highest BCUT2D eigenvalue weighted by molar-refractivity contribution is 9.10. The molecule has 8 heteroatoms. The summed E-state index contributed by atoms with van der Waals surface area (Å²) in [5.74, 6) is -0.122. The van der Waals surface area contributed by atoms with Crippen LogP contribution in [-0.4, -0.2) is 42.3 Å². The summed E-state index contributed by atoms with van der Waals surface area (Å²) in [6.45, 7) is 1.93. The number of aliphatic imine (C=N–C) groups is 1. The smallest absolute Gasteiger partial charge is 0.279 e. The summed E-state index contributed by atoms with van der Waals surface area (Å²) in [4.78, 5) is 19.0. The van der Waals surface area contributed by atoms with Crippen LogP contribution in [0.5, 0.6) is 0 Å². The average molecular weight is 465 g/mol. The van der Waals surface area contributed by atoms with Crippen molar-refractivity contribution in [3.63, 3.8) is 0 Å². The van der Waals surface area contributed by atoms with Crippen molar-refractivity contribution in [2.24, 2.45) is 4.99 Å². The van der Waals surface area contributed by atoms with Crippen molar-refractivity contribution in [1.29, 1.82) is 0 Å². The molecule has 0 saturated carbocycles. The Morgan fingerprint density at radius 2 is 1.96 bits per heavy atom. The second kappa shape index (κ2) is 7.07. The molecule has 1 amide bonds. The fourth-order valence-corrected chi connectivity index (χ4v) is 7.72. The Morgan fingerprint density at radius 1 is 1.19 bits per heavy atom. The number of nitrogens with zero attached hydrogens (tertiary/aromatic N) is 2. The molecule has 2 saturated heterocycles. The fourth-order valence-electron chi connectivity index (χ4n) is 3.42. The van der Waals surface area contributed by atoms with Crippen LogP contribution in [0.15, 0.2) is 58.0 Å². The number of amidine groups is 1. The minimum absolute atomic E-state index is 0.0782. The van der Waals surface area contributed by atoms with E-state index < -0.39 is 9.84 Å². The second-order valence-corrected chi connectivity index (χ2v) is 11.0.